The highest BCUT2D eigenvalue weighted by atomic mass is 35.5. The summed E-state index contributed by atoms with van der Waals surface area (Å²) < 4.78 is 6.37. The molecule has 0 saturated carbocycles. The molecule has 2 heterocycles. The van der Waals surface area contributed by atoms with Crippen LogP contribution in [0.15, 0.2) is 39.8 Å². The van der Waals surface area contributed by atoms with Gasteiger partial charge in [-0.3, -0.25) is 4.79 Å². The fourth-order valence-electron chi connectivity index (χ4n) is 2.40. The zero-order valence-electron chi connectivity index (χ0n) is 14.0. The number of hydrogen-bond donors (Lipinski definition) is 1. The lowest BCUT2D eigenvalue weighted by Crippen LogP contribution is -2.26. The molecule has 9 heteroatoms. The maximum Gasteiger partial charge on any atom is 0.286 e. The van der Waals surface area contributed by atoms with E-state index in [4.69, 9.17) is 33.5 Å². The van der Waals surface area contributed by atoms with Crippen molar-refractivity contribution in [3.05, 3.63) is 73.7 Å². The first-order chi connectivity index (χ1) is 12.4. The van der Waals surface area contributed by atoms with Gasteiger partial charge in [-0.2, -0.15) is 10.1 Å². The molecule has 2 aromatic heterocycles. The SMILES string of the molecule is CC(N)c1cnn(Cc2nc(CCc3ccc(Cl)cc3)no2)c(=O)c1Cl. The Morgan fingerprint density at radius 2 is 1.96 bits per heavy atom. The van der Waals surface area contributed by atoms with Crippen molar-refractivity contribution >= 4 is 23.2 Å². The third kappa shape index (κ3) is 4.30. The summed E-state index contributed by atoms with van der Waals surface area (Å²) in [5.41, 5.74) is 6.94. The molecule has 3 aromatic rings. The van der Waals surface area contributed by atoms with Crippen LogP contribution in [0.1, 0.15) is 35.8 Å². The molecule has 3 rings (SSSR count). The van der Waals surface area contributed by atoms with Crippen molar-refractivity contribution in [3.8, 4) is 0 Å². The number of hydrogen-bond acceptors (Lipinski definition) is 6. The molecule has 0 radical (unpaired) electrons. The quantitative estimate of drug-likeness (QED) is 0.690. The summed E-state index contributed by atoms with van der Waals surface area (Å²) in [5.74, 6) is 0.844. The van der Waals surface area contributed by atoms with Crippen molar-refractivity contribution in [1.82, 2.24) is 19.9 Å². The number of aryl methyl sites for hydroxylation is 2. The van der Waals surface area contributed by atoms with Crippen LogP contribution in [0.5, 0.6) is 0 Å². The van der Waals surface area contributed by atoms with Gasteiger partial charge in [0.2, 0.25) is 5.89 Å². The van der Waals surface area contributed by atoms with Crippen molar-refractivity contribution in [3.63, 3.8) is 0 Å². The second-order valence-electron chi connectivity index (χ2n) is 5.90. The number of aromatic nitrogens is 4. The molecule has 1 unspecified atom stereocenters. The van der Waals surface area contributed by atoms with Gasteiger partial charge in [0.1, 0.15) is 11.6 Å². The number of halogens is 2. The number of rotatable bonds is 6. The van der Waals surface area contributed by atoms with E-state index in [1.54, 1.807) is 6.92 Å². The number of nitrogens with zero attached hydrogens (tertiary/aromatic N) is 4. The molecule has 0 aliphatic heterocycles. The molecule has 136 valence electrons. The summed E-state index contributed by atoms with van der Waals surface area (Å²) in [4.78, 5) is 16.6. The van der Waals surface area contributed by atoms with E-state index in [1.807, 2.05) is 24.3 Å². The first-order valence-electron chi connectivity index (χ1n) is 8.01. The maximum absolute atomic E-state index is 12.3. The van der Waals surface area contributed by atoms with Crippen LogP contribution < -0.4 is 11.3 Å². The molecule has 0 bridgehead atoms. The van der Waals surface area contributed by atoms with E-state index >= 15 is 0 Å². The zero-order chi connectivity index (χ0) is 18.7. The summed E-state index contributed by atoms with van der Waals surface area (Å²) in [5, 5.41) is 8.75. The highest BCUT2D eigenvalue weighted by Crippen LogP contribution is 2.16. The molecule has 0 aliphatic carbocycles. The Morgan fingerprint density at radius 1 is 1.23 bits per heavy atom. The van der Waals surface area contributed by atoms with Crippen LogP contribution in [0, 0.1) is 0 Å². The Balaban J connectivity index is 1.68. The van der Waals surface area contributed by atoms with E-state index in [0.717, 1.165) is 12.0 Å². The third-order valence-corrected chi connectivity index (χ3v) is 4.48. The molecule has 0 amide bonds. The lowest BCUT2D eigenvalue weighted by molar-refractivity contribution is 0.358. The van der Waals surface area contributed by atoms with E-state index in [9.17, 15) is 4.79 Å². The largest absolute Gasteiger partial charge is 0.337 e. The second-order valence-corrected chi connectivity index (χ2v) is 6.71. The van der Waals surface area contributed by atoms with Gasteiger partial charge in [-0.25, -0.2) is 4.68 Å². The van der Waals surface area contributed by atoms with E-state index in [1.165, 1.54) is 10.9 Å². The van der Waals surface area contributed by atoms with Gasteiger partial charge in [-0.05, 0) is 31.0 Å². The standard InChI is InChI=1S/C17H17Cl2N5O2/c1-10(20)13-8-21-24(17(25)16(13)19)9-15-22-14(23-26-15)7-4-11-2-5-12(18)6-3-11/h2-3,5-6,8,10H,4,7,9,20H2,1H3. The number of benzene rings is 1. The molecule has 0 fully saturated rings. The van der Waals surface area contributed by atoms with Gasteiger partial charge in [-0.15, -0.1) is 0 Å². The van der Waals surface area contributed by atoms with E-state index in [-0.39, 0.29) is 23.5 Å². The van der Waals surface area contributed by atoms with Crippen LogP contribution in [0.25, 0.3) is 0 Å². The summed E-state index contributed by atoms with van der Waals surface area (Å²) >= 11 is 11.9. The summed E-state index contributed by atoms with van der Waals surface area (Å²) in [7, 11) is 0. The first kappa shape index (κ1) is 18.6. The molecule has 1 atom stereocenters. The third-order valence-electron chi connectivity index (χ3n) is 3.85. The Hall–Kier alpha value is -2.22. The average Bonchev–Trinajstić information content (AvgIpc) is 3.06. The summed E-state index contributed by atoms with van der Waals surface area (Å²) in [6.07, 6.45) is 2.84. The highest BCUT2D eigenvalue weighted by Gasteiger charge is 2.14. The fraction of sp³-hybridized carbons (Fsp3) is 0.294. The van der Waals surface area contributed by atoms with Crippen molar-refractivity contribution in [2.24, 2.45) is 5.73 Å². The predicted octanol–water partition coefficient (Wildman–Crippen LogP) is 2.79. The van der Waals surface area contributed by atoms with Gasteiger partial charge in [0.05, 0.1) is 6.20 Å². The maximum atomic E-state index is 12.3. The van der Waals surface area contributed by atoms with Gasteiger partial charge >= 0.3 is 0 Å². The van der Waals surface area contributed by atoms with Crippen LogP contribution in [0.2, 0.25) is 10.0 Å². The second kappa shape index (κ2) is 7.99. The van der Waals surface area contributed by atoms with E-state index < -0.39 is 5.56 Å². The van der Waals surface area contributed by atoms with E-state index in [2.05, 4.69) is 15.2 Å². The van der Waals surface area contributed by atoms with Crippen LogP contribution in [-0.4, -0.2) is 19.9 Å². The minimum Gasteiger partial charge on any atom is -0.337 e. The Morgan fingerprint density at radius 3 is 2.65 bits per heavy atom. The summed E-state index contributed by atoms with van der Waals surface area (Å²) in [6.45, 7) is 1.78. The van der Waals surface area contributed by atoms with Gasteiger partial charge in [0.25, 0.3) is 5.56 Å². The van der Waals surface area contributed by atoms with Crippen molar-refractivity contribution in [1.29, 1.82) is 0 Å². The fourth-order valence-corrected chi connectivity index (χ4v) is 2.84. The van der Waals surface area contributed by atoms with Gasteiger partial charge in [-0.1, -0.05) is 40.5 Å². The predicted molar refractivity (Wildman–Crippen MR) is 98.4 cm³/mol. The van der Waals surface area contributed by atoms with E-state index in [0.29, 0.717) is 22.8 Å². The molecular weight excluding hydrogens is 377 g/mol. The van der Waals surface area contributed by atoms with Crippen LogP contribution in [0.4, 0.5) is 0 Å². The Kier molecular flexibility index (Phi) is 5.70. The molecule has 2 N–H and O–H groups in total. The smallest absolute Gasteiger partial charge is 0.286 e. The van der Waals surface area contributed by atoms with Gasteiger partial charge < -0.3 is 10.3 Å². The molecule has 0 aliphatic rings. The van der Waals surface area contributed by atoms with Gasteiger partial charge in [0.15, 0.2) is 5.82 Å². The minimum absolute atomic E-state index is 0.0474. The zero-order valence-corrected chi connectivity index (χ0v) is 15.5. The van der Waals surface area contributed by atoms with Crippen LogP contribution >= 0.6 is 23.2 Å². The lowest BCUT2D eigenvalue weighted by Gasteiger charge is -2.08. The highest BCUT2D eigenvalue weighted by molar-refractivity contribution is 6.31. The molecule has 26 heavy (non-hydrogen) atoms. The molecular formula is C17H17Cl2N5O2. The molecule has 1 aromatic carbocycles. The van der Waals surface area contributed by atoms with Crippen LogP contribution in [0.3, 0.4) is 0 Å². The van der Waals surface area contributed by atoms with Crippen LogP contribution in [-0.2, 0) is 19.4 Å². The minimum atomic E-state index is -0.442. The number of nitrogens with two attached hydrogens (primary N) is 1. The molecule has 7 nitrogen and oxygen atoms in total. The summed E-state index contributed by atoms with van der Waals surface area (Å²) in [6, 6.07) is 7.21. The topological polar surface area (TPSA) is 99.8 Å². The normalized spacial score (nSPS) is 12.3. The van der Waals surface area contributed by atoms with Crippen molar-refractivity contribution in [2.45, 2.75) is 32.4 Å². The average molecular weight is 394 g/mol. The Labute approximate surface area is 159 Å². The molecule has 0 saturated heterocycles. The lowest BCUT2D eigenvalue weighted by atomic mass is 10.1. The molecule has 0 spiro atoms. The van der Waals surface area contributed by atoms with Gasteiger partial charge in [0, 0.05) is 23.0 Å². The first-order valence-corrected chi connectivity index (χ1v) is 8.76. The van der Waals surface area contributed by atoms with Crippen molar-refractivity contribution in [2.75, 3.05) is 0 Å². The van der Waals surface area contributed by atoms with Crippen molar-refractivity contribution < 1.29 is 4.52 Å². The monoisotopic (exact) mass is 393 g/mol. The Bertz CT molecular complexity index is 951.